The Balaban J connectivity index is 1.82. The molecule has 2 aromatic rings. The Morgan fingerprint density at radius 2 is 1.91 bits per heavy atom. The van der Waals surface area contributed by atoms with Crippen molar-refractivity contribution in [2.24, 2.45) is 5.92 Å². The van der Waals surface area contributed by atoms with Gasteiger partial charge in [-0.3, -0.25) is 4.79 Å². The van der Waals surface area contributed by atoms with E-state index in [9.17, 15) is 4.79 Å². The number of carbonyl (C=O) groups is 1. The number of nitrogens with one attached hydrogen (secondary N) is 2. The zero-order valence-corrected chi connectivity index (χ0v) is 13.2. The van der Waals surface area contributed by atoms with Gasteiger partial charge < -0.3 is 10.6 Å². The number of carbonyl (C=O) groups excluding carboxylic acids is 1. The van der Waals surface area contributed by atoms with Gasteiger partial charge in [-0.1, -0.05) is 44.2 Å². The second-order valence-corrected chi connectivity index (χ2v) is 5.75. The normalized spacial score (nSPS) is 10.5. The summed E-state index contributed by atoms with van der Waals surface area (Å²) in [6.45, 7) is 5.33. The van der Waals surface area contributed by atoms with Crippen LogP contribution in [0.2, 0.25) is 0 Å². The van der Waals surface area contributed by atoms with Gasteiger partial charge in [0.2, 0.25) is 5.91 Å². The molecule has 0 fully saturated rings. The van der Waals surface area contributed by atoms with Crippen molar-refractivity contribution < 1.29 is 4.79 Å². The van der Waals surface area contributed by atoms with Gasteiger partial charge in [0.25, 0.3) is 0 Å². The first-order chi connectivity index (χ1) is 10.6. The van der Waals surface area contributed by atoms with Crippen LogP contribution in [0.25, 0.3) is 0 Å². The minimum absolute atomic E-state index is 0.0563. The van der Waals surface area contributed by atoms with Crippen LogP contribution in [-0.4, -0.2) is 17.4 Å². The van der Waals surface area contributed by atoms with Crippen molar-refractivity contribution in [2.75, 3.05) is 17.2 Å². The predicted molar refractivity (Wildman–Crippen MR) is 91.0 cm³/mol. The van der Waals surface area contributed by atoms with Crippen LogP contribution < -0.4 is 10.6 Å². The van der Waals surface area contributed by atoms with Gasteiger partial charge in [0.15, 0.2) is 0 Å². The number of rotatable bonds is 7. The summed E-state index contributed by atoms with van der Waals surface area (Å²) in [5.41, 5.74) is 1.97. The molecule has 4 heteroatoms. The summed E-state index contributed by atoms with van der Waals surface area (Å²) in [5, 5.41) is 6.14. The minimum atomic E-state index is -0.0563. The Labute approximate surface area is 132 Å². The van der Waals surface area contributed by atoms with Crippen LogP contribution in [0, 0.1) is 5.92 Å². The van der Waals surface area contributed by atoms with E-state index >= 15 is 0 Å². The van der Waals surface area contributed by atoms with Crippen LogP contribution >= 0.6 is 0 Å². The molecule has 0 aliphatic heterocycles. The van der Waals surface area contributed by atoms with Crippen molar-refractivity contribution in [2.45, 2.75) is 26.7 Å². The fourth-order valence-electron chi connectivity index (χ4n) is 2.05. The van der Waals surface area contributed by atoms with Crippen LogP contribution in [0.15, 0.2) is 48.7 Å². The molecule has 0 radical (unpaired) electrons. The lowest BCUT2D eigenvalue weighted by molar-refractivity contribution is -0.115. The number of anilines is 2. The standard InChI is InChI=1S/C18H23N3O/c1-14(2)10-11-19-16-8-9-17(20-13-16)21-18(22)12-15-6-4-3-5-7-15/h3-9,13-14,19H,10-12H2,1-2H3,(H,20,21,22). The van der Waals surface area contributed by atoms with E-state index in [2.05, 4.69) is 29.5 Å². The maximum Gasteiger partial charge on any atom is 0.229 e. The second kappa shape index (κ2) is 8.17. The molecule has 0 atom stereocenters. The number of nitrogens with zero attached hydrogens (tertiary/aromatic N) is 1. The summed E-state index contributed by atoms with van der Waals surface area (Å²) < 4.78 is 0. The first-order valence-electron chi connectivity index (χ1n) is 7.67. The molecule has 1 heterocycles. The van der Waals surface area contributed by atoms with Crippen LogP contribution in [0.3, 0.4) is 0 Å². The van der Waals surface area contributed by atoms with Gasteiger partial charge >= 0.3 is 0 Å². The highest BCUT2D eigenvalue weighted by Gasteiger charge is 2.04. The number of amides is 1. The summed E-state index contributed by atoms with van der Waals surface area (Å²) in [7, 11) is 0. The molecule has 2 N–H and O–H groups in total. The van der Waals surface area contributed by atoms with E-state index in [1.165, 1.54) is 0 Å². The number of hydrogen-bond acceptors (Lipinski definition) is 3. The largest absolute Gasteiger partial charge is 0.384 e. The van der Waals surface area contributed by atoms with E-state index in [1.807, 2.05) is 42.5 Å². The average molecular weight is 297 g/mol. The molecule has 1 amide bonds. The molecule has 22 heavy (non-hydrogen) atoms. The molecule has 0 saturated carbocycles. The maximum absolute atomic E-state index is 11.9. The van der Waals surface area contributed by atoms with Crippen molar-refractivity contribution in [3.63, 3.8) is 0 Å². The van der Waals surface area contributed by atoms with Gasteiger partial charge in [-0.25, -0.2) is 4.98 Å². The summed E-state index contributed by atoms with van der Waals surface area (Å²) in [4.78, 5) is 16.2. The van der Waals surface area contributed by atoms with Crippen molar-refractivity contribution in [3.8, 4) is 0 Å². The Bertz CT molecular complexity index is 579. The molecule has 1 aromatic heterocycles. The summed E-state index contributed by atoms with van der Waals surface area (Å²) in [6, 6.07) is 13.4. The number of benzene rings is 1. The number of hydrogen-bond donors (Lipinski definition) is 2. The van der Waals surface area contributed by atoms with Crippen LogP contribution in [-0.2, 0) is 11.2 Å². The van der Waals surface area contributed by atoms with Gasteiger partial charge in [-0.15, -0.1) is 0 Å². The third-order valence-corrected chi connectivity index (χ3v) is 3.29. The highest BCUT2D eigenvalue weighted by Crippen LogP contribution is 2.11. The molecule has 1 aromatic carbocycles. The first kappa shape index (κ1) is 16.0. The topological polar surface area (TPSA) is 54.0 Å². The maximum atomic E-state index is 11.9. The van der Waals surface area contributed by atoms with Crippen molar-refractivity contribution in [1.29, 1.82) is 0 Å². The lowest BCUT2D eigenvalue weighted by atomic mass is 10.1. The van der Waals surface area contributed by atoms with Crippen LogP contribution in [0.4, 0.5) is 11.5 Å². The van der Waals surface area contributed by atoms with Gasteiger partial charge in [-0.05, 0) is 30.0 Å². The van der Waals surface area contributed by atoms with Crippen LogP contribution in [0.5, 0.6) is 0 Å². The second-order valence-electron chi connectivity index (χ2n) is 5.75. The van der Waals surface area contributed by atoms with E-state index in [4.69, 9.17) is 0 Å². The summed E-state index contributed by atoms with van der Waals surface area (Å²) in [5.74, 6) is 1.20. The Morgan fingerprint density at radius 1 is 1.14 bits per heavy atom. The highest BCUT2D eigenvalue weighted by atomic mass is 16.1. The quantitative estimate of drug-likeness (QED) is 0.819. The van der Waals surface area contributed by atoms with Crippen molar-refractivity contribution in [1.82, 2.24) is 4.98 Å². The molecule has 0 bridgehead atoms. The van der Waals surface area contributed by atoms with E-state index < -0.39 is 0 Å². The van der Waals surface area contributed by atoms with E-state index in [0.29, 0.717) is 18.2 Å². The molecule has 0 unspecified atom stereocenters. The lowest BCUT2D eigenvalue weighted by Crippen LogP contribution is -2.15. The molecule has 116 valence electrons. The van der Waals surface area contributed by atoms with Crippen molar-refractivity contribution in [3.05, 3.63) is 54.2 Å². The lowest BCUT2D eigenvalue weighted by Gasteiger charge is -2.09. The van der Waals surface area contributed by atoms with Gasteiger partial charge in [0.1, 0.15) is 5.82 Å². The predicted octanol–water partition coefficient (Wildman–Crippen LogP) is 3.72. The van der Waals surface area contributed by atoms with Gasteiger partial charge in [-0.2, -0.15) is 0 Å². The third kappa shape index (κ3) is 5.56. The van der Waals surface area contributed by atoms with E-state index in [0.717, 1.165) is 24.2 Å². The number of pyridine rings is 1. The molecule has 0 saturated heterocycles. The monoisotopic (exact) mass is 297 g/mol. The molecule has 0 aliphatic carbocycles. The third-order valence-electron chi connectivity index (χ3n) is 3.29. The highest BCUT2D eigenvalue weighted by molar-refractivity contribution is 5.91. The fraction of sp³-hybridized carbons (Fsp3) is 0.333. The fourth-order valence-corrected chi connectivity index (χ4v) is 2.05. The zero-order valence-electron chi connectivity index (χ0n) is 13.2. The van der Waals surface area contributed by atoms with Crippen molar-refractivity contribution >= 4 is 17.4 Å². The molecular weight excluding hydrogens is 274 g/mol. The minimum Gasteiger partial charge on any atom is -0.384 e. The molecule has 0 aliphatic rings. The molecular formula is C18H23N3O. The molecule has 0 spiro atoms. The number of aromatic nitrogens is 1. The Kier molecular flexibility index (Phi) is 5.95. The zero-order chi connectivity index (χ0) is 15.8. The first-order valence-corrected chi connectivity index (χ1v) is 7.67. The molecule has 2 rings (SSSR count). The molecule has 4 nitrogen and oxygen atoms in total. The van der Waals surface area contributed by atoms with Gasteiger partial charge in [0.05, 0.1) is 18.3 Å². The van der Waals surface area contributed by atoms with Crippen LogP contribution in [0.1, 0.15) is 25.8 Å². The summed E-state index contributed by atoms with van der Waals surface area (Å²) >= 11 is 0. The summed E-state index contributed by atoms with van der Waals surface area (Å²) in [6.07, 6.45) is 3.23. The average Bonchev–Trinajstić information content (AvgIpc) is 2.49. The Morgan fingerprint density at radius 3 is 2.55 bits per heavy atom. The van der Waals surface area contributed by atoms with Gasteiger partial charge in [0, 0.05) is 6.54 Å². The Hall–Kier alpha value is -2.36. The SMILES string of the molecule is CC(C)CCNc1ccc(NC(=O)Cc2ccccc2)nc1. The van der Waals surface area contributed by atoms with E-state index in [1.54, 1.807) is 6.20 Å². The smallest absolute Gasteiger partial charge is 0.229 e. The van der Waals surface area contributed by atoms with E-state index in [-0.39, 0.29) is 5.91 Å².